The predicted octanol–water partition coefficient (Wildman–Crippen LogP) is 9.42. The van der Waals surface area contributed by atoms with Gasteiger partial charge in [-0.15, -0.1) is 0 Å². The molecule has 1 amide bonds. The number of halogens is 4. The fourth-order valence-electron chi connectivity index (χ4n) is 11.3. The molecule has 10 rings (SSSR count). The maximum absolute atomic E-state index is 15.8. The Morgan fingerprint density at radius 3 is 2.49 bits per heavy atom. The number of nitrogens with zero attached hydrogens (tertiary/aromatic N) is 5. The van der Waals surface area contributed by atoms with Crippen molar-refractivity contribution < 1.29 is 35.5 Å². The predicted molar refractivity (Wildman–Crippen MR) is 258 cm³/mol. The molecule has 3 aromatic heterocycles. The van der Waals surface area contributed by atoms with E-state index in [2.05, 4.69) is 77.9 Å². The normalized spacial score (nSPS) is 20.2. The van der Waals surface area contributed by atoms with Crippen LogP contribution in [0.2, 0.25) is 0 Å². The third kappa shape index (κ3) is 9.56. The number of sulfonamides is 1. The average molecular weight is 971 g/mol. The number of ether oxygens (including phenoxy) is 1. The molecule has 3 aromatic carbocycles. The van der Waals surface area contributed by atoms with Crippen LogP contribution in [0, 0.1) is 5.41 Å². The highest BCUT2D eigenvalue weighted by Gasteiger charge is 2.50. The minimum atomic E-state index is -4.65. The number of pyridine rings is 1. The number of nitrogen functional groups attached to an aromatic ring is 1. The highest BCUT2D eigenvalue weighted by Crippen LogP contribution is 2.54. The van der Waals surface area contributed by atoms with Crippen LogP contribution in [-0.2, 0) is 10.0 Å². The van der Waals surface area contributed by atoms with Gasteiger partial charge in [0.1, 0.15) is 33.2 Å². The molecule has 4 aliphatic rings. The van der Waals surface area contributed by atoms with E-state index in [9.17, 15) is 26.4 Å². The van der Waals surface area contributed by atoms with E-state index in [0.29, 0.717) is 29.4 Å². The number of hydrogen-bond donors (Lipinski definition) is 5. The second-order valence-electron chi connectivity index (χ2n) is 19.9. The standard InChI is InChI=1S/C50H58F4N10O4S/c1-31(2)36-6-3-4-7-37(36)40-8-5-17-64(40)34-25-48(26-34)12-20-63(21-13-48)33-9-10-38(41(23-33)68-35-22-32-11-16-56-46(32)57-27-35)47(65)61-69(66,67)42-24-39(55)43(45-44(42)59-30-60-45)58-28-49(51)14-18-62(19-15-49)29-50(52,53)54/h3-4,6-7,9-11,16,22-24,27,30-31,34,40,58H,5,8,12-15,17-21,25-26,28-29,55H2,1-2H3,(H,56,57)(H,59,60)(H,61,65)/t40-/m0/s1. The number of fused-ring (bicyclic) bond motifs is 2. The Labute approximate surface area is 398 Å². The molecule has 6 aromatic rings. The lowest BCUT2D eigenvalue weighted by atomic mass is 9.59. The molecule has 69 heavy (non-hydrogen) atoms. The van der Waals surface area contributed by atoms with Crippen molar-refractivity contribution in [2.24, 2.45) is 5.41 Å². The van der Waals surface area contributed by atoms with Gasteiger partial charge in [0.2, 0.25) is 0 Å². The molecule has 366 valence electrons. The summed E-state index contributed by atoms with van der Waals surface area (Å²) in [5, 5.41) is 3.73. The van der Waals surface area contributed by atoms with E-state index in [-0.39, 0.29) is 71.6 Å². The first-order valence-electron chi connectivity index (χ1n) is 23.8. The van der Waals surface area contributed by atoms with E-state index >= 15 is 4.39 Å². The summed E-state index contributed by atoms with van der Waals surface area (Å²) in [5.74, 6) is 0.00753. The minimum absolute atomic E-state index is 0.0370. The van der Waals surface area contributed by atoms with E-state index in [0.717, 1.165) is 49.6 Å². The van der Waals surface area contributed by atoms with Gasteiger partial charge in [0.05, 0.1) is 41.5 Å². The number of carbonyl (C=O) groups is 1. The number of likely N-dealkylation sites (tertiary alicyclic amines) is 2. The Kier molecular flexibility index (Phi) is 12.3. The van der Waals surface area contributed by atoms with Crippen molar-refractivity contribution in [2.45, 2.75) is 100.0 Å². The number of hydrogen-bond acceptors (Lipinski definition) is 11. The highest BCUT2D eigenvalue weighted by molar-refractivity contribution is 7.90. The van der Waals surface area contributed by atoms with Crippen LogP contribution in [-0.4, -0.2) is 108 Å². The molecule has 1 spiro atoms. The summed E-state index contributed by atoms with van der Waals surface area (Å²) in [6, 6.07) is 19.9. The van der Waals surface area contributed by atoms with Crippen LogP contribution in [0.3, 0.4) is 0 Å². The van der Waals surface area contributed by atoms with Crippen molar-refractivity contribution in [3.8, 4) is 11.5 Å². The molecule has 4 fully saturated rings. The number of nitrogens with one attached hydrogen (secondary N) is 4. The smallest absolute Gasteiger partial charge is 0.401 e. The topological polar surface area (TPSA) is 178 Å². The summed E-state index contributed by atoms with van der Waals surface area (Å²) < 4.78 is 91.5. The number of imidazole rings is 1. The number of nitrogens with two attached hydrogens (primary N) is 1. The molecule has 1 atom stereocenters. The lowest BCUT2D eigenvalue weighted by Crippen LogP contribution is -2.54. The number of aromatic amines is 2. The largest absolute Gasteiger partial charge is 0.455 e. The first kappa shape index (κ1) is 46.8. The van der Waals surface area contributed by atoms with Crippen molar-refractivity contribution >= 4 is 55.1 Å². The van der Waals surface area contributed by atoms with Gasteiger partial charge >= 0.3 is 6.18 Å². The molecule has 0 unspecified atom stereocenters. The number of rotatable bonds is 13. The number of alkyl halides is 4. The van der Waals surface area contributed by atoms with Crippen molar-refractivity contribution in [1.82, 2.24) is 34.5 Å². The van der Waals surface area contributed by atoms with Crippen LogP contribution in [0.25, 0.3) is 22.1 Å². The summed E-state index contributed by atoms with van der Waals surface area (Å²) in [6.07, 6.45) is 6.72. The van der Waals surface area contributed by atoms with Crippen LogP contribution < -0.4 is 25.4 Å². The SMILES string of the molecule is CC(C)c1ccccc1[C@@H]1CCCN1C1CC2(CCN(c3ccc(C(=O)NS(=O)(=O)c4cc(N)c(NCC5(F)CCN(CC(F)(F)F)CC5)c5[nH]cnc45)c(Oc4cnc5[nH]ccc5c4)c3)CC2)C1. The number of benzene rings is 3. The maximum atomic E-state index is 15.8. The Balaban J connectivity index is 0.842. The number of amides is 1. The van der Waals surface area contributed by atoms with Gasteiger partial charge in [-0.05, 0) is 111 Å². The average Bonchev–Trinajstić information content (AvgIpc) is 4.10. The number of aromatic nitrogens is 4. The zero-order valence-electron chi connectivity index (χ0n) is 38.7. The third-order valence-electron chi connectivity index (χ3n) is 15.0. The van der Waals surface area contributed by atoms with Gasteiger partial charge in [-0.1, -0.05) is 38.1 Å². The van der Waals surface area contributed by atoms with Gasteiger partial charge in [-0.2, -0.15) is 13.2 Å². The fraction of sp³-hybridized carbons (Fsp3) is 0.460. The Hall–Kier alpha value is -5.92. The van der Waals surface area contributed by atoms with E-state index in [1.54, 1.807) is 24.4 Å². The lowest BCUT2D eigenvalue weighted by molar-refractivity contribution is -0.150. The van der Waals surface area contributed by atoms with Crippen LogP contribution >= 0.6 is 0 Å². The molecule has 14 nitrogen and oxygen atoms in total. The Morgan fingerprint density at radius 1 is 0.971 bits per heavy atom. The van der Waals surface area contributed by atoms with Gasteiger partial charge in [0.25, 0.3) is 15.9 Å². The summed E-state index contributed by atoms with van der Waals surface area (Å²) >= 11 is 0. The second kappa shape index (κ2) is 18.1. The molecule has 19 heteroatoms. The molecule has 6 heterocycles. The molecule has 3 aliphatic heterocycles. The molecule has 0 bridgehead atoms. The maximum Gasteiger partial charge on any atom is 0.401 e. The molecule has 6 N–H and O–H groups in total. The first-order valence-corrected chi connectivity index (χ1v) is 25.3. The lowest BCUT2D eigenvalue weighted by Gasteiger charge is -2.56. The molecule has 0 radical (unpaired) electrons. The fourth-order valence-corrected chi connectivity index (χ4v) is 12.5. The van der Waals surface area contributed by atoms with Gasteiger partial charge in [-0.25, -0.2) is 27.5 Å². The monoisotopic (exact) mass is 970 g/mol. The van der Waals surface area contributed by atoms with Crippen LogP contribution in [0.15, 0.2) is 84.3 Å². The van der Waals surface area contributed by atoms with Gasteiger partial charge in [0, 0.05) is 68.1 Å². The second-order valence-corrected chi connectivity index (χ2v) is 21.5. The minimum Gasteiger partial charge on any atom is -0.455 e. The molecule has 3 saturated heterocycles. The van der Waals surface area contributed by atoms with Crippen molar-refractivity contribution in [1.29, 1.82) is 0 Å². The van der Waals surface area contributed by atoms with Gasteiger partial charge < -0.3 is 30.7 Å². The highest BCUT2D eigenvalue weighted by atomic mass is 32.2. The van der Waals surface area contributed by atoms with E-state index in [1.807, 2.05) is 12.1 Å². The molecule has 1 aliphatic carbocycles. The molecular formula is C50H58F4N10O4S. The van der Waals surface area contributed by atoms with Gasteiger partial charge in [0.15, 0.2) is 0 Å². The summed E-state index contributed by atoms with van der Waals surface area (Å²) in [4.78, 5) is 34.6. The van der Waals surface area contributed by atoms with Gasteiger partial charge in [-0.3, -0.25) is 14.6 Å². The zero-order valence-corrected chi connectivity index (χ0v) is 39.5. The van der Waals surface area contributed by atoms with E-state index in [4.69, 9.17) is 10.5 Å². The number of piperidine rings is 2. The Bertz CT molecular complexity index is 2970. The zero-order chi connectivity index (χ0) is 48.3. The summed E-state index contributed by atoms with van der Waals surface area (Å²) in [7, 11) is -4.65. The van der Waals surface area contributed by atoms with Crippen molar-refractivity contribution in [2.75, 3.05) is 61.8 Å². The van der Waals surface area contributed by atoms with Crippen molar-refractivity contribution in [3.63, 3.8) is 0 Å². The summed E-state index contributed by atoms with van der Waals surface area (Å²) in [6.45, 7) is 5.78. The van der Waals surface area contributed by atoms with Crippen LogP contribution in [0.5, 0.6) is 11.5 Å². The first-order chi connectivity index (χ1) is 33.0. The van der Waals surface area contributed by atoms with E-state index in [1.165, 1.54) is 54.2 Å². The third-order valence-corrected chi connectivity index (χ3v) is 16.4. The van der Waals surface area contributed by atoms with Crippen LogP contribution in [0.1, 0.15) is 98.7 Å². The number of carbonyl (C=O) groups excluding carboxylic acids is 1. The van der Waals surface area contributed by atoms with E-state index < -0.39 is 39.2 Å². The number of anilines is 3. The van der Waals surface area contributed by atoms with Crippen molar-refractivity contribution in [3.05, 3.63) is 96.1 Å². The van der Waals surface area contributed by atoms with Crippen LogP contribution in [0.4, 0.5) is 34.6 Å². The molecule has 1 saturated carbocycles. The summed E-state index contributed by atoms with van der Waals surface area (Å²) in [5.41, 5.74) is 9.41. The number of H-pyrrole nitrogens is 2. The quantitative estimate of drug-likeness (QED) is 0.0550. The Morgan fingerprint density at radius 2 is 1.74 bits per heavy atom. The molecular weight excluding hydrogens is 913 g/mol.